The maximum atomic E-state index is 5.93. The number of hydrogen-bond acceptors (Lipinski definition) is 8. The first kappa shape index (κ1) is 20.0. The Hall–Kier alpha value is -3.26. The van der Waals surface area contributed by atoms with Crippen LogP contribution in [0.4, 0.5) is 5.69 Å². The van der Waals surface area contributed by atoms with E-state index in [4.69, 9.17) is 18.6 Å². The number of nitrogens with zero attached hydrogens (tertiary/aromatic N) is 4. The second-order valence-electron chi connectivity index (χ2n) is 7.01. The Bertz CT molecular complexity index is 943. The van der Waals surface area contributed by atoms with E-state index in [0.717, 1.165) is 31.7 Å². The summed E-state index contributed by atoms with van der Waals surface area (Å²) in [4.78, 5) is 4.72. The number of benzene rings is 2. The fraction of sp³-hybridized carbons (Fsp3) is 0.364. The molecule has 1 saturated heterocycles. The SMILES string of the molecule is COc1cc(-c2nnc(CN3CCN(c4ccccc4)CC3)o2)cc(OC)c1OC. The average Bonchev–Trinajstić information content (AvgIpc) is 3.27. The Balaban J connectivity index is 1.43. The number of methoxy groups -OCH3 is 3. The van der Waals surface area contributed by atoms with Crippen molar-refractivity contribution in [1.29, 1.82) is 0 Å². The molecule has 0 radical (unpaired) electrons. The number of para-hydroxylation sites is 1. The molecule has 1 aliphatic heterocycles. The van der Waals surface area contributed by atoms with E-state index in [1.54, 1.807) is 33.5 Å². The van der Waals surface area contributed by atoms with Gasteiger partial charge in [-0.05, 0) is 24.3 Å². The molecule has 0 amide bonds. The van der Waals surface area contributed by atoms with E-state index in [0.29, 0.717) is 35.6 Å². The van der Waals surface area contributed by atoms with Crippen LogP contribution >= 0.6 is 0 Å². The summed E-state index contributed by atoms with van der Waals surface area (Å²) in [6.07, 6.45) is 0. The number of hydrogen-bond donors (Lipinski definition) is 0. The first-order valence-electron chi connectivity index (χ1n) is 9.87. The highest BCUT2D eigenvalue weighted by Gasteiger charge is 2.21. The van der Waals surface area contributed by atoms with E-state index in [2.05, 4.69) is 44.3 Å². The zero-order valence-corrected chi connectivity index (χ0v) is 17.5. The van der Waals surface area contributed by atoms with Gasteiger partial charge in [-0.3, -0.25) is 4.90 Å². The predicted octanol–water partition coefficient (Wildman–Crippen LogP) is 3.08. The molecule has 30 heavy (non-hydrogen) atoms. The van der Waals surface area contributed by atoms with Crippen LogP contribution in [0.2, 0.25) is 0 Å². The van der Waals surface area contributed by atoms with E-state index in [1.165, 1.54) is 5.69 Å². The smallest absolute Gasteiger partial charge is 0.248 e. The Morgan fingerprint density at radius 2 is 1.53 bits per heavy atom. The predicted molar refractivity (Wildman–Crippen MR) is 113 cm³/mol. The summed E-state index contributed by atoms with van der Waals surface area (Å²) < 4.78 is 22.1. The van der Waals surface area contributed by atoms with Crippen molar-refractivity contribution in [2.24, 2.45) is 0 Å². The fourth-order valence-corrected chi connectivity index (χ4v) is 3.63. The van der Waals surface area contributed by atoms with Crippen molar-refractivity contribution in [3.05, 3.63) is 48.4 Å². The summed E-state index contributed by atoms with van der Waals surface area (Å²) in [5.41, 5.74) is 1.98. The first-order valence-corrected chi connectivity index (χ1v) is 9.87. The summed E-state index contributed by atoms with van der Waals surface area (Å²) in [5.74, 6) is 2.63. The summed E-state index contributed by atoms with van der Waals surface area (Å²) in [7, 11) is 4.73. The number of aromatic nitrogens is 2. The normalized spacial score (nSPS) is 14.6. The van der Waals surface area contributed by atoms with Crippen molar-refractivity contribution in [1.82, 2.24) is 15.1 Å². The third-order valence-corrected chi connectivity index (χ3v) is 5.23. The van der Waals surface area contributed by atoms with Crippen molar-refractivity contribution < 1.29 is 18.6 Å². The first-order chi connectivity index (χ1) is 14.7. The van der Waals surface area contributed by atoms with Crippen molar-refractivity contribution in [2.45, 2.75) is 6.54 Å². The molecule has 0 aliphatic carbocycles. The second-order valence-corrected chi connectivity index (χ2v) is 7.01. The third-order valence-electron chi connectivity index (χ3n) is 5.23. The van der Waals surface area contributed by atoms with Crippen LogP contribution in [0.5, 0.6) is 17.2 Å². The fourth-order valence-electron chi connectivity index (χ4n) is 3.63. The zero-order valence-electron chi connectivity index (χ0n) is 17.5. The number of rotatable bonds is 7. The minimum absolute atomic E-state index is 0.423. The molecule has 1 aliphatic rings. The van der Waals surface area contributed by atoms with Crippen LogP contribution in [0.3, 0.4) is 0 Å². The molecule has 0 unspecified atom stereocenters. The molecular formula is C22H26N4O4. The summed E-state index contributed by atoms with van der Waals surface area (Å²) in [6, 6.07) is 14.1. The highest BCUT2D eigenvalue weighted by Crippen LogP contribution is 2.40. The lowest BCUT2D eigenvalue weighted by atomic mass is 10.2. The van der Waals surface area contributed by atoms with Gasteiger partial charge in [0.1, 0.15) is 0 Å². The molecule has 8 nitrogen and oxygen atoms in total. The van der Waals surface area contributed by atoms with Crippen molar-refractivity contribution in [3.63, 3.8) is 0 Å². The lowest BCUT2D eigenvalue weighted by Crippen LogP contribution is -2.46. The zero-order chi connectivity index (χ0) is 20.9. The van der Waals surface area contributed by atoms with Crippen LogP contribution in [-0.2, 0) is 6.54 Å². The molecule has 3 aromatic rings. The van der Waals surface area contributed by atoms with Crippen LogP contribution in [-0.4, -0.2) is 62.6 Å². The topological polar surface area (TPSA) is 73.1 Å². The molecule has 0 spiro atoms. The quantitative estimate of drug-likeness (QED) is 0.588. The van der Waals surface area contributed by atoms with E-state index in [9.17, 15) is 0 Å². The number of piperazine rings is 1. The molecule has 0 N–H and O–H groups in total. The molecular weight excluding hydrogens is 384 g/mol. The minimum atomic E-state index is 0.423. The summed E-state index contributed by atoms with van der Waals surface area (Å²) in [5, 5.41) is 8.45. The van der Waals surface area contributed by atoms with Gasteiger partial charge in [-0.25, -0.2) is 0 Å². The largest absolute Gasteiger partial charge is 0.493 e. The van der Waals surface area contributed by atoms with Gasteiger partial charge < -0.3 is 23.5 Å². The van der Waals surface area contributed by atoms with E-state index in [1.807, 2.05) is 6.07 Å². The Morgan fingerprint density at radius 3 is 2.13 bits per heavy atom. The van der Waals surface area contributed by atoms with Gasteiger partial charge in [-0.1, -0.05) is 18.2 Å². The van der Waals surface area contributed by atoms with E-state index < -0.39 is 0 Å². The van der Waals surface area contributed by atoms with Gasteiger partial charge in [0.2, 0.25) is 17.5 Å². The molecule has 0 atom stereocenters. The van der Waals surface area contributed by atoms with Gasteiger partial charge >= 0.3 is 0 Å². The van der Waals surface area contributed by atoms with Gasteiger partial charge in [0.15, 0.2) is 11.5 Å². The van der Waals surface area contributed by atoms with Gasteiger partial charge in [0.25, 0.3) is 0 Å². The molecule has 4 rings (SSSR count). The van der Waals surface area contributed by atoms with Crippen molar-refractivity contribution in [2.75, 3.05) is 52.4 Å². The third kappa shape index (κ3) is 4.18. The highest BCUT2D eigenvalue weighted by atomic mass is 16.5. The second kappa shape index (κ2) is 9.04. The van der Waals surface area contributed by atoms with Crippen LogP contribution in [0, 0.1) is 0 Å². The van der Waals surface area contributed by atoms with Crippen LogP contribution in [0.25, 0.3) is 11.5 Å². The maximum absolute atomic E-state index is 5.93. The van der Waals surface area contributed by atoms with Gasteiger partial charge in [0.05, 0.1) is 27.9 Å². The molecule has 1 aromatic heterocycles. The standard InChI is InChI=1S/C22H26N4O4/c1-27-18-13-16(14-19(28-2)21(18)29-3)22-24-23-20(30-22)15-25-9-11-26(12-10-25)17-7-5-4-6-8-17/h4-8,13-14H,9-12,15H2,1-3H3. The van der Waals surface area contributed by atoms with Crippen LogP contribution < -0.4 is 19.1 Å². The molecule has 158 valence electrons. The molecule has 1 fully saturated rings. The Morgan fingerprint density at radius 1 is 0.867 bits per heavy atom. The van der Waals surface area contributed by atoms with Gasteiger partial charge in [0, 0.05) is 37.4 Å². The number of ether oxygens (including phenoxy) is 3. The minimum Gasteiger partial charge on any atom is -0.493 e. The lowest BCUT2D eigenvalue weighted by Gasteiger charge is -2.35. The van der Waals surface area contributed by atoms with Gasteiger partial charge in [-0.2, -0.15) is 0 Å². The average molecular weight is 410 g/mol. The monoisotopic (exact) mass is 410 g/mol. The lowest BCUT2D eigenvalue weighted by molar-refractivity contribution is 0.227. The van der Waals surface area contributed by atoms with Gasteiger partial charge in [-0.15, -0.1) is 10.2 Å². The molecule has 0 bridgehead atoms. The Labute approximate surface area is 176 Å². The maximum Gasteiger partial charge on any atom is 0.248 e. The molecule has 2 heterocycles. The number of anilines is 1. The summed E-state index contributed by atoms with van der Waals surface area (Å²) >= 11 is 0. The highest BCUT2D eigenvalue weighted by molar-refractivity contribution is 5.65. The van der Waals surface area contributed by atoms with E-state index >= 15 is 0 Å². The van der Waals surface area contributed by atoms with Crippen LogP contribution in [0.15, 0.2) is 46.9 Å². The van der Waals surface area contributed by atoms with Crippen molar-refractivity contribution >= 4 is 5.69 Å². The molecule has 8 heteroatoms. The Kier molecular flexibility index (Phi) is 6.04. The molecule has 0 saturated carbocycles. The van der Waals surface area contributed by atoms with Crippen molar-refractivity contribution in [3.8, 4) is 28.7 Å². The summed E-state index contributed by atoms with van der Waals surface area (Å²) in [6.45, 7) is 4.45. The van der Waals surface area contributed by atoms with E-state index in [-0.39, 0.29) is 0 Å². The van der Waals surface area contributed by atoms with Crippen LogP contribution in [0.1, 0.15) is 5.89 Å². The molecule has 2 aromatic carbocycles.